The lowest BCUT2D eigenvalue weighted by atomic mass is 9.90. The minimum absolute atomic E-state index is 0.0615. The Bertz CT molecular complexity index is 1260. The zero-order chi connectivity index (χ0) is 26.2. The molecule has 7 heteroatoms. The van der Waals surface area contributed by atoms with Gasteiger partial charge in [0.15, 0.2) is 0 Å². The number of pyridine rings is 1. The summed E-state index contributed by atoms with van der Waals surface area (Å²) < 4.78 is 0. The highest BCUT2D eigenvalue weighted by Gasteiger charge is 2.17. The molecule has 6 nitrogen and oxygen atoms in total. The number of fused-ring (bicyclic) bond motifs is 1. The van der Waals surface area contributed by atoms with Crippen molar-refractivity contribution in [3.05, 3.63) is 77.3 Å². The van der Waals surface area contributed by atoms with Gasteiger partial charge in [0, 0.05) is 28.4 Å². The van der Waals surface area contributed by atoms with E-state index in [-0.39, 0.29) is 6.42 Å². The molecule has 4 aromatic rings. The summed E-state index contributed by atoms with van der Waals surface area (Å²) in [5.74, 6) is -0.872. The fraction of sp³-hybridized carbons (Fsp3) is 0.286. The van der Waals surface area contributed by atoms with Gasteiger partial charge in [-0.15, -0.1) is 0 Å². The number of aromatic nitrogens is 3. The van der Waals surface area contributed by atoms with Gasteiger partial charge in [-0.05, 0) is 74.2 Å². The number of halogens is 1. The van der Waals surface area contributed by atoms with Gasteiger partial charge < -0.3 is 10.2 Å². The molecule has 0 fully saturated rings. The normalized spacial score (nSPS) is 10.6. The monoisotopic (exact) mass is 493 g/mol. The Kier molecular flexibility index (Phi) is 9.87. The minimum atomic E-state index is -0.872. The molecule has 0 saturated carbocycles. The highest BCUT2D eigenvalue weighted by atomic mass is 35.5. The molecule has 4 rings (SSSR count). The van der Waals surface area contributed by atoms with Gasteiger partial charge in [-0.25, -0.2) is 15.0 Å². The summed E-state index contributed by atoms with van der Waals surface area (Å²) in [7, 11) is 0. The van der Waals surface area contributed by atoms with Crippen LogP contribution in [0.2, 0.25) is 5.02 Å². The molecular formula is C28H32ClN3O3. The maximum atomic E-state index is 11.5. The predicted octanol–water partition coefficient (Wildman–Crippen LogP) is 6.75. The summed E-state index contributed by atoms with van der Waals surface area (Å²) in [6.45, 7) is 11.1. The molecule has 184 valence electrons. The number of rotatable bonds is 4. The van der Waals surface area contributed by atoms with Crippen molar-refractivity contribution in [2.24, 2.45) is 0 Å². The van der Waals surface area contributed by atoms with E-state index >= 15 is 0 Å². The van der Waals surface area contributed by atoms with Crippen molar-refractivity contribution < 1.29 is 15.0 Å². The highest BCUT2D eigenvalue weighted by molar-refractivity contribution is 6.30. The van der Waals surface area contributed by atoms with E-state index in [0.717, 1.165) is 44.4 Å². The maximum Gasteiger partial charge on any atom is 0.307 e. The van der Waals surface area contributed by atoms with Crippen molar-refractivity contribution >= 4 is 28.5 Å². The quantitative estimate of drug-likeness (QED) is 0.326. The highest BCUT2D eigenvalue weighted by Crippen LogP contribution is 2.36. The van der Waals surface area contributed by atoms with Crippen LogP contribution < -0.4 is 0 Å². The Labute approximate surface area is 211 Å². The molecule has 2 aromatic heterocycles. The third kappa shape index (κ3) is 8.12. The first-order valence-electron chi connectivity index (χ1n) is 11.4. The number of carboxylic acid groups (broad SMARTS) is 1. The van der Waals surface area contributed by atoms with Gasteiger partial charge in [-0.1, -0.05) is 43.6 Å². The molecule has 0 unspecified atom stereocenters. The molecule has 0 aliphatic carbocycles. The molecule has 0 bridgehead atoms. The fourth-order valence-corrected chi connectivity index (χ4v) is 3.49. The van der Waals surface area contributed by atoms with E-state index < -0.39 is 11.6 Å². The van der Waals surface area contributed by atoms with Crippen LogP contribution in [-0.4, -0.2) is 36.7 Å². The Balaban J connectivity index is 0.000000551. The predicted molar refractivity (Wildman–Crippen MR) is 143 cm³/mol. The van der Waals surface area contributed by atoms with Crippen molar-refractivity contribution in [1.82, 2.24) is 15.0 Å². The Morgan fingerprint density at radius 3 is 2.09 bits per heavy atom. The molecule has 0 amide bonds. The molecule has 0 spiro atoms. The molecule has 0 radical (unpaired) electrons. The molecular weight excluding hydrogens is 462 g/mol. The molecule has 0 saturated heterocycles. The topological polar surface area (TPSA) is 96.2 Å². The molecule has 0 aliphatic rings. The Morgan fingerprint density at radius 2 is 1.54 bits per heavy atom. The van der Waals surface area contributed by atoms with Crippen molar-refractivity contribution in [3.63, 3.8) is 0 Å². The maximum absolute atomic E-state index is 11.5. The van der Waals surface area contributed by atoms with E-state index in [1.807, 2.05) is 51.1 Å². The van der Waals surface area contributed by atoms with Gasteiger partial charge in [-0.2, -0.15) is 0 Å². The number of aryl methyl sites for hydroxylation is 1. The number of carboxylic acids is 1. The van der Waals surface area contributed by atoms with Crippen LogP contribution in [0.4, 0.5) is 0 Å². The van der Waals surface area contributed by atoms with Crippen LogP contribution in [0.5, 0.6) is 0 Å². The van der Waals surface area contributed by atoms with E-state index in [1.165, 1.54) is 6.33 Å². The average Bonchev–Trinajstić information content (AvgIpc) is 2.81. The van der Waals surface area contributed by atoms with Gasteiger partial charge in [0.25, 0.3) is 0 Å². The number of hydrogen-bond acceptors (Lipinski definition) is 5. The average molecular weight is 494 g/mol. The van der Waals surface area contributed by atoms with Gasteiger partial charge in [0.05, 0.1) is 23.2 Å². The Morgan fingerprint density at radius 1 is 0.971 bits per heavy atom. The summed E-state index contributed by atoms with van der Waals surface area (Å²) in [6.07, 6.45) is 4.85. The second-order valence-electron chi connectivity index (χ2n) is 8.69. The van der Waals surface area contributed by atoms with E-state index in [0.29, 0.717) is 5.02 Å². The van der Waals surface area contributed by atoms with Gasteiger partial charge >= 0.3 is 5.97 Å². The van der Waals surface area contributed by atoms with Crippen LogP contribution in [0, 0.1) is 6.92 Å². The van der Waals surface area contributed by atoms with Crippen LogP contribution in [0.1, 0.15) is 45.7 Å². The number of benzene rings is 2. The van der Waals surface area contributed by atoms with Gasteiger partial charge in [0.1, 0.15) is 6.33 Å². The first-order valence-corrected chi connectivity index (χ1v) is 11.8. The number of aliphatic hydroxyl groups is 1. The van der Waals surface area contributed by atoms with Crippen molar-refractivity contribution in [2.45, 2.75) is 53.6 Å². The molecule has 2 aromatic carbocycles. The molecule has 2 N–H and O–H groups in total. The van der Waals surface area contributed by atoms with E-state index in [1.54, 1.807) is 45.3 Å². The summed E-state index contributed by atoms with van der Waals surface area (Å²) in [5.41, 5.74) is 5.32. The van der Waals surface area contributed by atoms with Crippen molar-refractivity contribution in [1.29, 1.82) is 0 Å². The zero-order valence-electron chi connectivity index (χ0n) is 21.0. The second kappa shape index (κ2) is 12.4. The molecule has 0 atom stereocenters. The standard InChI is InChI=1S/C22H16ClN3O2.C4H10O.C2H6/c1-13-8-20-17(6-7-19(26-20)15-10-24-12-25-11-15)22(18(13)9-21(27)28)14-2-4-16(23)5-3-14;1-4(2,3)5;1-2/h2-8,10-12H,9H2,1H3,(H,27,28);5H,1-3H3;1-2H3. The van der Waals surface area contributed by atoms with Crippen LogP contribution >= 0.6 is 11.6 Å². The van der Waals surface area contributed by atoms with Crippen LogP contribution in [0.3, 0.4) is 0 Å². The summed E-state index contributed by atoms with van der Waals surface area (Å²) >= 11 is 6.04. The van der Waals surface area contributed by atoms with E-state index in [9.17, 15) is 9.90 Å². The van der Waals surface area contributed by atoms with Gasteiger partial charge in [-0.3, -0.25) is 4.79 Å². The number of nitrogens with zero attached hydrogens (tertiary/aromatic N) is 3. The third-order valence-corrected chi connectivity index (χ3v) is 4.89. The molecule has 2 heterocycles. The second-order valence-corrected chi connectivity index (χ2v) is 9.12. The SMILES string of the molecule is CC.CC(C)(C)O.Cc1cc2nc(-c3cncnc3)ccc2c(-c2ccc(Cl)cc2)c1CC(=O)O. The first kappa shape index (κ1) is 27.9. The fourth-order valence-electron chi connectivity index (χ4n) is 3.37. The summed E-state index contributed by atoms with van der Waals surface area (Å²) in [5, 5.41) is 19.5. The van der Waals surface area contributed by atoms with Crippen LogP contribution in [-0.2, 0) is 11.2 Å². The lowest BCUT2D eigenvalue weighted by Crippen LogP contribution is -2.10. The van der Waals surface area contributed by atoms with Crippen molar-refractivity contribution in [3.8, 4) is 22.4 Å². The smallest absolute Gasteiger partial charge is 0.307 e. The Hall–Kier alpha value is -3.35. The lowest BCUT2D eigenvalue weighted by Gasteiger charge is -2.16. The molecule has 35 heavy (non-hydrogen) atoms. The summed E-state index contributed by atoms with van der Waals surface area (Å²) in [6, 6.07) is 13.2. The molecule has 0 aliphatic heterocycles. The first-order chi connectivity index (χ1) is 16.5. The third-order valence-electron chi connectivity index (χ3n) is 4.64. The van der Waals surface area contributed by atoms with Gasteiger partial charge in [0.2, 0.25) is 0 Å². The lowest BCUT2D eigenvalue weighted by molar-refractivity contribution is -0.136. The van der Waals surface area contributed by atoms with E-state index in [2.05, 4.69) is 9.97 Å². The van der Waals surface area contributed by atoms with Crippen LogP contribution in [0.25, 0.3) is 33.3 Å². The van der Waals surface area contributed by atoms with Crippen LogP contribution in [0.15, 0.2) is 61.2 Å². The minimum Gasteiger partial charge on any atom is -0.481 e. The number of aliphatic carboxylic acids is 1. The number of carbonyl (C=O) groups is 1. The van der Waals surface area contributed by atoms with E-state index in [4.69, 9.17) is 21.7 Å². The number of hydrogen-bond donors (Lipinski definition) is 2. The summed E-state index contributed by atoms with van der Waals surface area (Å²) in [4.78, 5) is 24.4. The van der Waals surface area contributed by atoms with Crippen molar-refractivity contribution in [2.75, 3.05) is 0 Å². The largest absolute Gasteiger partial charge is 0.481 e. The zero-order valence-corrected chi connectivity index (χ0v) is 21.8.